The summed E-state index contributed by atoms with van der Waals surface area (Å²) in [6.07, 6.45) is 0.212. The average molecular weight is 457 g/mol. The molecule has 3 aromatic carbocycles. The Hall–Kier alpha value is -2.67. The third kappa shape index (κ3) is 6.40. The molecule has 0 unspecified atom stereocenters. The van der Waals surface area contributed by atoms with Crippen LogP contribution in [0.2, 0.25) is 5.02 Å². The summed E-state index contributed by atoms with van der Waals surface area (Å²) in [5.41, 5.74) is 2.61. The van der Waals surface area contributed by atoms with Crippen LogP contribution in [0.5, 0.6) is 0 Å². The molecule has 0 aliphatic rings. The van der Waals surface area contributed by atoms with Gasteiger partial charge < -0.3 is 5.32 Å². The van der Waals surface area contributed by atoms with Crippen molar-refractivity contribution in [2.45, 2.75) is 37.1 Å². The number of sulfonamides is 1. The van der Waals surface area contributed by atoms with E-state index in [9.17, 15) is 13.2 Å². The van der Waals surface area contributed by atoms with E-state index in [1.54, 1.807) is 0 Å². The lowest BCUT2D eigenvalue weighted by atomic mass is 10.0. The number of rotatable bonds is 8. The van der Waals surface area contributed by atoms with E-state index in [-0.39, 0.29) is 11.3 Å². The quantitative estimate of drug-likeness (QED) is 0.501. The van der Waals surface area contributed by atoms with Crippen molar-refractivity contribution >= 4 is 33.2 Å². The van der Waals surface area contributed by atoms with Crippen molar-refractivity contribution < 1.29 is 13.2 Å². The lowest BCUT2D eigenvalue weighted by molar-refractivity contribution is -0.117. The van der Waals surface area contributed by atoms with Gasteiger partial charge in [0.2, 0.25) is 15.9 Å². The van der Waals surface area contributed by atoms with Crippen LogP contribution in [0.3, 0.4) is 0 Å². The Kier molecular flexibility index (Phi) is 7.49. The smallest absolute Gasteiger partial charge is 0.242 e. The van der Waals surface area contributed by atoms with Gasteiger partial charge in [-0.15, -0.1) is 0 Å². The minimum Gasteiger partial charge on any atom is -0.325 e. The predicted octanol–water partition coefficient (Wildman–Crippen LogP) is 4.99. The minimum absolute atomic E-state index is 0.0454. The first-order valence-corrected chi connectivity index (χ1v) is 11.8. The molecule has 3 rings (SSSR count). The number of hydrogen-bond donors (Lipinski definition) is 2. The molecular formula is C24H25ClN2O3S. The molecule has 0 aromatic heterocycles. The Morgan fingerprint density at radius 3 is 2.10 bits per heavy atom. The van der Waals surface area contributed by atoms with Crippen molar-refractivity contribution in [2.24, 2.45) is 0 Å². The molecule has 0 aliphatic heterocycles. The van der Waals surface area contributed by atoms with E-state index in [0.29, 0.717) is 16.6 Å². The fourth-order valence-corrected chi connectivity index (χ4v) is 4.41. The van der Waals surface area contributed by atoms with Gasteiger partial charge >= 0.3 is 0 Å². The van der Waals surface area contributed by atoms with E-state index < -0.39 is 22.0 Å². The summed E-state index contributed by atoms with van der Waals surface area (Å²) >= 11 is 5.87. The summed E-state index contributed by atoms with van der Waals surface area (Å²) in [5.74, 6) is -0.0551. The Morgan fingerprint density at radius 1 is 0.903 bits per heavy atom. The van der Waals surface area contributed by atoms with Crippen molar-refractivity contribution in [1.29, 1.82) is 0 Å². The number of carbonyl (C=O) groups is 1. The molecule has 162 valence electrons. The highest BCUT2D eigenvalue weighted by Crippen LogP contribution is 2.19. The normalized spacial score (nSPS) is 12.5. The second-order valence-corrected chi connectivity index (χ2v) is 9.73. The first-order valence-electron chi connectivity index (χ1n) is 9.97. The van der Waals surface area contributed by atoms with Crippen molar-refractivity contribution in [3.8, 4) is 0 Å². The van der Waals surface area contributed by atoms with E-state index in [1.165, 1.54) is 24.3 Å². The third-order valence-electron chi connectivity index (χ3n) is 4.87. The lowest BCUT2D eigenvalue weighted by Crippen LogP contribution is -2.45. The van der Waals surface area contributed by atoms with Crippen LogP contribution in [0, 0.1) is 0 Å². The van der Waals surface area contributed by atoms with Crippen molar-refractivity contribution in [3.05, 3.63) is 95.0 Å². The number of nitrogens with one attached hydrogen (secondary N) is 2. The molecule has 0 heterocycles. The topological polar surface area (TPSA) is 75.3 Å². The molecule has 0 saturated heterocycles. The number of hydrogen-bond acceptors (Lipinski definition) is 3. The third-order valence-corrected chi connectivity index (χ3v) is 6.60. The van der Waals surface area contributed by atoms with Crippen LogP contribution in [0.4, 0.5) is 5.69 Å². The van der Waals surface area contributed by atoms with Gasteiger partial charge in [-0.25, -0.2) is 8.42 Å². The highest BCUT2D eigenvalue weighted by atomic mass is 35.5. The van der Waals surface area contributed by atoms with Gasteiger partial charge in [0.15, 0.2) is 0 Å². The van der Waals surface area contributed by atoms with E-state index in [1.807, 2.05) is 54.6 Å². The Morgan fingerprint density at radius 2 is 1.52 bits per heavy atom. The number of halogens is 1. The van der Waals surface area contributed by atoms with Gasteiger partial charge in [0.25, 0.3) is 0 Å². The van der Waals surface area contributed by atoms with Crippen LogP contribution in [0.15, 0.2) is 83.8 Å². The molecule has 1 amide bonds. The molecule has 7 heteroatoms. The maximum Gasteiger partial charge on any atom is 0.242 e. The summed E-state index contributed by atoms with van der Waals surface area (Å²) in [5, 5.41) is 3.26. The second-order valence-electron chi connectivity index (χ2n) is 7.58. The number of carbonyl (C=O) groups excluding carboxylic acids is 1. The summed E-state index contributed by atoms with van der Waals surface area (Å²) < 4.78 is 28.3. The van der Waals surface area contributed by atoms with E-state index in [0.717, 1.165) is 11.1 Å². The standard InChI is InChI=1S/C24H25ClN2O3S/c1-17(2)19-8-12-21(13-9-19)26-24(28)23(16-18-6-4-3-5-7-18)27-31(29,30)22-14-10-20(25)11-15-22/h3-15,17,23,27H,16H2,1-2H3,(H,26,28)/t23-/m1/s1. The second kappa shape index (κ2) is 10.1. The number of anilines is 1. The molecule has 5 nitrogen and oxygen atoms in total. The van der Waals surface area contributed by atoms with E-state index in [4.69, 9.17) is 11.6 Å². The zero-order chi connectivity index (χ0) is 22.4. The van der Waals surface area contributed by atoms with Gasteiger partial charge in [0.05, 0.1) is 4.90 Å². The summed E-state index contributed by atoms with van der Waals surface area (Å²) in [7, 11) is -3.92. The summed E-state index contributed by atoms with van der Waals surface area (Å²) in [6, 6.07) is 21.6. The lowest BCUT2D eigenvalue weighted by Gasteiger charge is -2.19. The van der Waals surface area contributed by atoms with E-state index >= 15 is 0 Å². The van der Waals surface area contributed by atoms with Gasteiger partial charge in [0.1, 0.15) is 6.04 Å². The maximum absolute atomic E-state index is 13.0. The van der Waals surface area contributed by atoms with Crippen LogP contribution in [-0.2, 0) is 21.2 Å². The van der Waals surface area contributed by atoms with Crippen molar-refractivity contribution in [1.82, 2.24) is 4.72 Å². The largest absolute Gasteiger partial charge is 0.325 e. The van der Waals surface area contributed by atoms with Gasteiger partial charge in [-0.3, -0.25) is 4.79 Å². The Bertz CT molecular complexity index is 1110. The highest BCUT2D eigenvalue weighted by Gasteiger charge is 2.26. The molecular weight excluding hydrogens is 432 g/mol. The molecule has 3 aromatic rings. The van der Waals surface area contributed by atoms with Crippen LogP contribution < -0.4 is 10.0 Å². The zero-order valence-corrected chi connectivity index (χ0v) is 19.0. The van der Waals surface area contributed by atoms with Crippen LogP contribution in [-0.4, -0.2) is 20.4 Å². The SMILES string of the molecule is CC(C)c1ccc(NC(=O)[C@@H](Cc2ccccc2)NS(=O)(=O)c2ccc(Cl)cc2)cc1. The molecule has 0 aliphatic carbocycles. The molecule has 0 bridgehead atoms. The van der Waals surface area contributed by atoms with E-state index in [2.05, 4.69) is 23.9 Å². The highest BCUT2D eigenvalue weighted by molar-refractivity contribution is 7.89. The molecule has 2 N–H and O–H groups in total. The first kappa shape index (κ1) is 23.0. The molecule has 0 saturated carbocycles. The van der Waals surface area contributed by atoms with Gasteiger partial charge in [-0.1, -0.05) is 67.9 Å². The van der Waals surface area contributed by atoms with Crippen LogP contribution >= 0.6 is 11.6 Å². The van der Waals surface area contributed by atoms with Gasteiger partial charge in [-0.2, -0.15) is 4.72 Å². The molecule has 0 radical (unpaired) electrons. The Labute approximate surface area is 188 Å². The summed E-state index contributed by atoms with van der Waals surface area (Å²) in [4.78, 5) is 13.1. The zero-order valence-electron chi connectivity index (χ0n) is 17.4. The molecule has 1 atom stereocenters. The molecule has 0 fully saturated rings. The Balaban J connectivity index is 1.83. The summed E-state index contributed by atoms with van der Waals surface area (Å²) in [6.45, 7) is 4.18. The number of amides is 1. The fourth-order valence-electron chi connectivity index (χ4n) is 3.09. The molecule has 31 heavy (non-hydrogen) atoms. The van der Waals surface area contributed by atoms with Crippen molar-refractivity contribution in [2.75, 3.05) is 5.32 Å². The van der Waals surface area contributed by atoms with Crippen LogP contribution in [0.1, 0.15) is 30.9 Å². The number of benzene rings is 3. The minimum atomic E-state index is -3.92. The first-order chi connectivity index (χ1) is 14.7. The van der Waals surface area contributed by atoms with Crippen molar-refractivity contribution in [3.63, 3.8) is 0 Å². The fraction of sp³-hybridized carbons (Fsp3) is 0.208. The van der Waals surface area contributed by atoms with Gasteiger partial charge in [-0.05, 0) is 59.9 Å². The predicted molar refractivity (Wildman–Crippen MR) is 125 cm³/mol. The molecule has 0 spiro atoms. The monoisotopic (exact) mass is 456 g/mol. The van der Waals surface area contributed by atoms with Crippen LogP contribution in [0.25, 0.3) is 0 Å². The average Bonchev–Trinajstić information content (AvgIpc) is 2.74. The van der Waals surface area contributed by atoms with Gasteiger partial charge in [0, 0.05) is 10.7 Å². The maximum atomic E-state index is 13.0.